The van der Waals surface area contributed by atoms with E-state index in [1.54, 1.807) is 13.2 Å². The molecule has 11 heavy (non-hydrogen) atoms. The second kappa shape index (κ2) is 4.23. The molecule has 0 aliphatic heterocycles. The third-order valence-electron chi connectivity index (χ3n) is 1.23. The molecule has 2 nitrogen and oxygen atoms in total. The fraction of sp³-hybridized carbons (Fsp3) is 0.375. The Hall–Kier alpha value is -0.700. The predicted octanol–water partition coefficient (Wildman–Crippen LogP) is 2.10. The van der Waals surface area contributed by atoms with Crippen LogP contribution in [0.25, 0.3) is 0 Å². The highest BCUT2D eigenvalue weighted by Gasteiger charge is 1.97. The zero-order valence-corrected chi connectivity index (χ0v) is 7.19. The van der Waals surface area contributed by atoms with Crippen molar-refractivity contribution in [2.45, 2.75) is 13.3 Å². The van der Waals surface area contributed by atoms with Crippen LogP contribution in [0.1, 0.15) is 12.7 Å². The Labute approximate surface area is 70.0 Å². The molecule has 0 amide bonds. The Morgan fingerprint density at radius 3 is 3.09 bits per heavy atom. The first kappa shape index (κ1) is 8.40. The minimum atomic E-state index is 0.163. The summed E-state index contributed by atoms with van der Waals surface area (Å²) in [6, 6.07) is 3.77. The summed E-state index contributed by atoms with van der Waals surface area (Å²) in [6.45, 7) is 1.58. The monoisotopic (exact) mass is 170 g/mol. The Bertz CT molecular complexity index is 216. The molecule has 1 aromatic rings. The zero-order valence-electron chi connectivity index (χ0n) is 6.37. The van der Waals surface area contributed by atoms with Crippen LogP contribution >= 0.6 is 11.8 Å². The van der Waals surface area contributed by atoms with Crippen molar-refractivity contribution in [2.24, 2.45) is 0 Å². The smallest absolute Gasteiger partial charge is 0.185 e. The lowest BCUT2D eigenvalue weighted by Crippen LogP contribution is -1.89. The van der Waals surface area contributed by atoms with Crippen molar-refractivity contribution >= 4 is 16.9 Å². The van der Waals surface area contributed by atoms with Crippen LogP contribution < -0.4 is 0 Å². The topological polar surface area (TPSA) is 30.2 Å². The third-order valence-corrected chi connectivity index (χ3v) is 2.05. The van der Waals surface area contributed by atoms with Crippen LogP contribution in [-0.2, 0) is 11.2 Å². The Morgan fingerprint density at radius 2 is 2.55 bits per heavy atom. The molecule has 1 aromatic heterocycles. The predicted molar refractivity (Wildman–Crippen MR) is 45.6 cm³/mol. The maximum absolute atomic E-state index is 10.5. The molecule has 3 heteroatoms. The van der Waals surface area contributed by atoms with Crippen LogP contribution in [0, 0.1) is 0 Å². The lowest BCUT2D eigenvalue weighted by molar-refractivity contribution is -0.109. The lowest BCUT2D eigenvalue weighted by Gasteiger charge is -1.92. The van der Waals surface area contributed by atoms with E-state index >= 15 is 0 Å². The normalized spacial score (nSPS) is 9.91. The van der Waals surface area contributed by atoms with E-state index in [9.17, 15) is 4.79 Å². The van der Waals surface area contributed by atoms with Crippen LogP contribution in [0.2, 0.25) is 0 Å². The van der Waals surface area contributed by atoms with Gasteiger partial charge in [0.25, 0.3) is 0 Å². The molecule has 0 N–H and O–H groups in total. The first-order valence-corrected chi connectivity index (χ1v) is 4.43. The number of carbonyl (C=O) groups excluding carboxylic acids is 1. The first-order chi connectivity index (χ1) is 5.29. The van der Waals surface area contributed by atoms with Gasteiger partial charge >= 0.3 is 0 Å². The quantitative estimate of drug-likeness (QED) is 0.696. The molecule has 1 heterocycles. The SMILES string of the molecule is CC(=O)SCCc1ccco1. The van der Waals surface area contributed by atoms with Gasteiger partial charge in [0.05, 0.1) is 6.26 Å². The largest absolute Gasteiger partial charge is 0.469 e. The van der Waals surface area contributed by atoms with Gasteiger partial charge in [0.1, 0.15) is 5.76 Å². The van der Waals surface area contributed by atoms with E-state index in [2.05, 4.69) is 0 Å². The molecule has 0 saturated carbocycles. The second-order valence-electron chi connectivity index (χ2n) is 2.17. The summed E-state index contributed by atoms with van der Waals surface area (Å²) >= 11 is 1.33. The van der Waals surface area contributed by atoms with Gasteiger partial charge in [0.2, 0.25) is 0 Å². The Balaban J connectivity index is 2.19. The number of hydrogen-bond acceptors (Lipinski definition) is 3. The zero-order chi connectivity index (χ0) is 8.10. The van der Waals surface area contributed by atoms with Crippen molar-refractivity contribution in [3.63, 3.8) is 0 Å². The van der Waals surface area contributed by atoms with E-state index in [4.69, 9.17) is 4.42 Å². The van der Waals surface area contributed by atoms with Crippen molar-refractivity contribution in [1.29, 1.82) is 0 Å². The standard InChI is InChI=1S/C8H10O2S/c1-7(9)11-6-4-8-3-2-5-10-8/h2-3,5H,4,6H2,1H3. The van der Waals surface area contributed by atoms with Gasteiger partial charge < -0.3 is 4.42 Å². The number of aryl methyl sites for hydroxylation is 1. The Morgan fingerprint density at radius 1 is 1.73 bits per heavy atom. The van der Waals surface area contributed by atoms with Crippen molar-refractivity contribution in [3.05, 3.63) is 24.2 Å². The number of hydrogen-bond donors (Lipinski definition) is 0. The van der Waals surface area contributed by atoms with Gasteiger partial charge in [0, 0.05) is 19.1 Å². The lowest BCUT2D eigenvalue weighted by atomic mass is 10.4. The van der Waals surface area contributed by atoms with Crippen LogP contribution in [0.15, 0.2) is 22.8 Å². The number of furan rings is 1. The second-order valence-corrected chi connectivity index (χ2v) is 3.44. The van der Waals surface area contributed by atoms with Gasteiger partial charge in [0.15, 0.2) is 5.12 Å². The molecule has 0 atom stereocenters. The number of carbonyl (C=O) groups is 1. The van der Waals surface area contributed by atoms with Crippen LogP contribution in [0.5, 0.6) is 0 Å². The molecule has 0 spiro atoms. The van der Waals surface area contributed by atoms with Gasteiger partial charge in [-0.1, -0.05) is 11.8 Å². The van der Waals surface area contributed by atoms with E-state index in [-0.39, 0.29) is 5.12 Å². The summed E-state index contributed by atoms with van der Waals surface area (Å²) in [5.74, 6) is 1.75. The molecule has 0 fully saturated rings. The molecule has 60 valence electrons. The van der Waals surface area contributed by atoms with Crippen LogP contribution in [0.3, 0.4) is 0 Å². The van der Waals surface area contributed by atoms with E-state index in [1.807, 2.05) is 12.1 Å². The van der Waals surface area contributed by atoms with Crippen molar-refractivity contribution in [2.75, 3.05) is 5.75 Å². The molecule has 0 aliphatic carbocycles. The molecule has 0 saturated heterocycles. The van der Waals surface area contributed by atoms with E-state index in [0.717, 1.165) is 17.9 Å². The van der Waals surface area contributed by atoms with Crippen LogP contribution in [-0.4, -0.2) is 10.9 Å². The minimum absolute atomic E-state index is 0.163. The van der Waals surface area contributed by atoms with Gasteiger partial charge in [-0.2, -0.15) is 0 Å². The van der Waals surface area contributed by atoms with Gasteiger partial charge in [-0.15, -0.1) is 0 Å². The molecule has 0 aliphatic rings. The number of rotatable bonds is 3. The van der Waals surface area contributed by atoms with E-state index < -0.39 is 0 Å². The summed E-state index contributed by atoms with van der Waals surface area (Å²) < 4.78 is 5.09. The molecular weight excluding hydrogens is 160 g/mol. The number of thioether (sulfide) groups is 1. The first-order valence-electron chi connectivity index (χ1n) is 3.45. The van der Waals surface area contributed by atoms with E-state index in [1.165, 1.54) is 11.8 Å². The average molecular weight is 170 g/mol. The average Bonchev–Trinajstić information content (AvgIpc) is 2.39. The summed E-state index contributed by atoms with van der Waals surface area (Å²) in [6.07, 6.45) is 2.48. The van der Waals surface area contributed by atoms with Gasteiger partial charge in [-0.3, -0.25) is 4.79 Å². The fourth-order valence-electron chi connectivity index (χ4n) is 0.750. The highest BCUT2D eigenvalue weighted by molar-refractivity contribution is 8.13. The molecule has 0 radical (unpaired) electrons. The summed E-state index contributed by atoms with van der Waals surface area (Å²) in [5.41, 5.74) is 0. The van der Waals surface area contributed by atoms with Crippen molar-refractivity contribution < 1.29 is 9.21 Å². The third kappa shape index (κ3) is 3.28. The summed E-state index contributed by atoms with van der Waals surface area (Å²) in [7, 11) is 0. The van der Waals surface area contributed by atoms with Crippen LogP contribution in [0.4, 0.5) is 0 Å². The molecule has 1 rings (SSSR count). The minimum Gasteiger partial charge on any atom is -0.469 e. The summed E-state index contributed by atoms with van der Waals surface area (Å²) in [4.78, 5) is 10.5. The molecular formula is C8H10O2S. The fourth-order valence-corrected chi connectivity index (χ4v) is 1.34. The van der Waals surface area contributed by atoms with Gasteiger partial charge in [-0.25, -0.2) is 0 Å². The highest BCUT2D eigenvalue weighted by Crippen LogP contribution is 2.07. The van der Waals surface area contributed by atoms with E-state index in [0.29, 0.717) is 0 Å². The maximum Gasteiger partial charge on any atom is 0.185 e. The molecule has 0 bridgehead atoms. The molecule has 0 aromatic carbocycles. The van der Waals surface area contributed by atoms with Crippen molar-refractivity contribution in [3.8, 4) is 0 Å². The molecule has 0 unspecified atom stereocenters. The highest BCUT2D eigenvalue weighted by atomic mass is 32.2. The maximum atomic E-state index is 10.5. The summed E-state index contributed by atoms with van der Waals surface area (Å²) in [5, 5.41) is 0.163. The Kier molecular flexibility index (Phi) is 3.23. The van der Waals surface area contributed by atoms with Crippen molar-refractivity contribution in [1.82, 2.24) is 0 Å². The van der Waals surface area contributed by atoms with Gasteiger partial charge in [-0.05, 0) is 12.1 Å².